The molecule has 1 N–H and O–H groups in total. The van der Waals surface area contributed by atoms with Gasteiger partial charge in [0.05, 0.1) is 12.6 Å². The molecule has 2 heterocycles. The first-order valence-corrected chi connectivity index (χ1v) is 8.01. The van der Waals surface area contributed by atoms with Crippen molar-refractivity contribution in [2.75, 3.05) is 19.7 Å². The highest BCUT2D eigenvalue weighted by Gasteiger charge is 2.21. The summed E-state index contributed by atoms with van der Waals surface area (Å²) in [4.78, 5) is 14.3. The molecule has 0 aromatic heterocycles. The maximum Gasteiger partial charge on any atom is 0.239 e. The lowest BCUT2D eigenvalue weighted by atomic mass is 10.1. The summed E-state index contributed by atoms with van der Waals surface area (Å²) in [5.41, 5.74) is 2.50. The first-order valence-electron chi connectivity index (χ1n) is 8.01. The van der Waals surface area contributed by atoms with E-state index in [1.807, 2.05) is 17.9 Å². The van der Waals surface area contributed by atoms with Gasteiger partial charge in [0.1, 0.15) is 5.75 Å². The molecule has 4 heteroatoms. The van der Waals surface area contributed by atoms with Crippen LogP contribution in [0.2, 0.25) is 0 Å². The van der Waals surface area contributed by atoms with E-state index in [-0.39, 0.29) is 11.9 Å². The topological polar surface area (TPSA) is 41.6 Å². The Kier molecular flexibility index (Phi) is 4.44. The van der Waals surface area contributed by atoms with Crippen molar-refractivity contribution in [3.8, 4) is 5.75 Å². The fourth-order valence-corrected chi connectivity index (χ4v) is 3.10. The van der Waals surface area contributed by atoms with E-state index in [0.29, 0.717) is 0 Å². The van der Waals surface area contributed by atoms with Crippen molar-refractivity contribution in [3.05, 3.63) is 29.3 Å². The molecule has 2 aliphatic heterocycles. The summed E-state index contributed by atoms with van der Waals surface area (Å²) in [7, 11) is 0. The second-order valence-electron chi connectivity index (χ2n) is 6.03. The molecule has 114 valence electrons. The SMILES string of the molecule is CC(NCc1ccc2c(c1)CCO2)C(=O)N1CCCCC1. The second kappa shape index (κ2) is 6.48. The van der Waals surface area contributed by atoms with Crippen molar-refractivity contribution < 1.29 is 9.53 Å². The molecular formula is C17H24N2O2. The van der Waals surface area contributed by atoms with Crippen LogP contribution in [0.15, 0.2) is 18.2 Å². The van der Waals surface area contributed by atoms with E-state index in [0.717, 1.165) is 51.3 Å². The van der Waals surface area contributed by atoms with E-state index in [9.17, 15) is 4.79 Å². The maximum atomic E-state index is 12.3. The van der Waals surface area contributed by atoms with Gasteiger partial charge in [-0.2, -0.15) is 0 Å². The minimum atomic E-state index is -0.118. The Morgan fingerprint density at radius 3 is 2.95 bits per heavy atom. The van der Waals surface area contributed by atoms with Gasteiger partial charge in [0.15, 0.2) is 0 Å². The van der Waals surface area contributed by atoms with Crippen molar-refractivity contribution >= 4 is 5.91 Å². The normalized spacial score (nSPS) is 19.0. The molecule has 21 heavy (non-hydrogen) atoms. The molecule has 3 rings (SSSR count). The number of rotatable bonds is 4. The Morgan fingerprint density at radius 2 is 2.14 bits per heavy atom. The number of piperidine rings is 1. The molecule has 2 aliphatic rings. The molecule has 1 fully saturated rings. The van der Waals surface area contributed by atoms with E-state index in [1.54, 1.807) is 0 Å². The number of hydrogen-bond donors (Lipinski definition) is 1. The molecule has 1 aromatic carbocycles. The highest BCUT2D eigenvalue weighted by molar-refractivity contribution is 5.81. The van der Waals surface area contributed by atoms with E-state index in [4.69, 9.17) is 4.74 Å². The maximum absolute atomic E-state index is 12.3. The molecule has 0 radical (unpaired) electrons. The molecule has 1 atom stereocenters. The number of hydrogen-bond acceptors (Lipinski definition) is 3. The molecule has 0 aliphatic carbocycles. The number of carbonyl (C=O) groups is 1. The third-order valence-electron chi connectivity index (χ3n) is 4.40. The summed E-state index contributed by atoms with van der Waals surface area (Å²) < 4.78 is 5.52. The molecule has 0 spiro atoms. The number of fused-ring (bicyclic) bond motifs is 1. The van der Waals surface area contributed by atoms with Crippen LogP contribution in [-0.4, -0.2) is 36.5 Å². The lowest BCUT2D eigenvalue weighted by Gasteiger charge is -2.29. The first-order chi connectivity index (χ1) is 10.2. The van der Waals surface area contributed by atoms with Crippen LogP contribution < -0.4 is 10.1 Å². The van der Waals surface area contributed by atoms with E-state index >= 15 is 0 Å². The van der Waals surface area contributed by atoms with Crippen molar-refractivity contribution in [3.63, 3.8) is 0 Å². The van der Waals surface area contributed by atoms with Crippen molar-refractivity contribution in [2.45, 2.75) is 45.2 Å². The molecule has 4 nitrogen and oxygen atoms in total. The molecule has 1 aromatic rings. The summed E-state index contributed by atoms with van der Waals surface area (Å²) in [5.74, 6) is 1.25. The Balaban J connectivity index is 1.53. The third kappa shape index (κ3) is 3.38. The van der Waals surface area contributed by atoms with Crippen LogP contribution in [0.3, 0.4) is 0 Å². The quantitative estimate of drug-likeness (QED) is 0.922. The van der Waals surface area contributed by atoms with Crippen LogP contribution in [0.4, 0.5) is 0 Å². The Labute approximate surface area is 126 Å². The number of amides is 1. The zero-order valence-corrected chi connectivity index (χ0v) is 12.7. The standard InChI is InChI=1S/C17H24N2O2/c1-13(17(20)19-8-3-2-4-9-19)18-12-14-5-6-16-15(11-14)7-10-21-16/h5-6,11,13,18H,2-4,7-10,12H2,1H3. The Hall–Kier alpha value is -1.55. The van der Waals surface area contributed by atoms with Crippen LogP contribution >= 0.6 is 0 Å². The van der Waals surface area contributed by atoms with Gasteiger partial charge in [-0.1, -0.05) is 12.1 Å². The van der Waals surface area contributed by atoms with Gasteiger partial charge in [-0.05, 0) is 43.4 Å². The fraction of sp³-hybridized carbons (Fsp3) is 0.588. The van der Waals surface area contributed by atoms with Crippen molar-refractivity contribution in [1.29, 1.82) is 0 Å². The zero-order valence-electron chi connectivity index (χ0n) is 12.7. The second-order valence-corrected chi connectivity index (χ2v) is 6.03. The Morgan fingerprint density at radius 1 is 1.33 bits per heavy atom. The molecule has 0 bridgehead atoms. The highest BCUT2D eigenvalue weighted by atomic mass is 16.5. The lowest BCUT2D eigenvalue weighted by molar-refractivity contribution is -0.133. The molecule has 1 saturated heterocycles. The van der Waals surface area contributed by atoms with Gasteiger partial charge in [0.25, 0.3) is 0 Å². The van der Waals surface area contributed by atoms with E-state index in [2.05, 4.69) is 17.4 Å². The van der Waals surface area contributed by atoms with Gasteiger partial charge in [-0.15, -0.1) is 0 Å². The van der Waals surface area contributed by atoms with Crippen LogP contribution in [-0.2, 0) is 17.8 Å². The van der Waals surface area contributed by atoms with Gasteiger partial charge in [-0.25, -0.2) is 0 Å². The lowest BCUT2D eigenvalue weighted by Crippen LogP contribution is -2.46. The molecule has 0 saturated carbocycles. The van der Waals surface area contributed by atoms with E-state index in [1.165, 1.54) is 17.5 Å². The number of likely N-dealkylation sites (tertiary alicyclic amines) is 1. The summed E-state index contributed by atoms with van der Waals surface area (Å²) >= 11 is 0. The van der Waals surface area contributed by atoms with Crippen LogP contribution in [0.1, 0.15) is 37.3 Å². The van der Waals surface area contributed by atoms with Crippen molar-refractivity contribution in [1.82, 2.24) is 10.2 Å². The van der Waals surface area contributed by atoms with E-state index < -0.39 is 0 Å². The van der Waals surface area contributed by atoms with Crippen LogP contribution in [0.25, 0.3) is 0 Å². The van der Waals surface area contributed by atoms with Crippen molar-refractivity contribution in [2.24, 2.45) is 0 Å². The van der Waals surface area contributed by atoms with Crippen LogP contribution in [0, 0.1) is 0 Å². The number of ether oxygens (including phenoxy) is 1. The van der Waals surface area contributed by atoms with Crippen LogP contribution in [0.5, 0.6) is 5.75 Å². The average molecular weight is 288 g/mol. The minimum absolute atomic E-state index is 0.118. The molecule has 1 unspecified atom stereocenters. The number of nitrogens with one attached hydrogen (secondary N) is 1. The molecule has 1 amide bonds. The minimum Gasteiger partial charge on any atom is -0.493 e. The summed E-state index contributed by atoms with van der Waals surface area (Å²) in [6.45, 7) is 5.32. The van der Waals surface area contributed by atoms with Gasteiger partial charge in [0, 0.05) is 26.1 Å². The number of nitrogens with zero attached hydrogens (tertiary/aromatic N) is 1. The zero-order chi connectivity index (χ0) is 14.7. The highest BCUT2D eigenvalue weighted by Crippen LogP contribution is 2.25. The first kappa shape index (κ1) is 14.4. The summed E-state index contributed by atoms with van der Waals surface area (Å²) in [5, 5.41) is 3.36. The Bertz CT molecular complexity index is 510. The monoisotopic (exact) mass is 288 g/mol. The van der Waals surface area contributed by atoms with Gasteiger partial charge >= 0.3 is 0 Å². The summed E-state index contributed by atoms with van der Waals surface area (Å²) in [6.07, 6.45) is 4.53. The number of benzene rings is 1. The average Bonchev–Trinajstić information content (AvgIpc) is 3.00. The van der Waals surface area contributed by atoms with Gasteiger partial charge < -0.3 is 15.0 Å². The van der Waals surface area contributed by atoms with Gasteiger partial charge in [0.2, 0.25) is 5.91 Å². The molecular weight excluding hydrogens is 264 g/mol. The smallest absolute Gasteiger partial charge is 0.239 e. The third-order valence-corrected chi connectivity index (χ3v) is 4.40. The fourth-order valence-electron chi connectivity index (χ4n) is 3.10. The van der Waals surface area contributed by atoms with Gasteiger partial charge in [-0.3, -0.25) is 4.79 Å². The predicted octanol–water partition coefficient (Wildman–Crippen LogP) is 2.11. The number of carbonyl (C=O) groups excluding carboxylic acids is 1. The predicted molar refractivity (Wildman–Crippen MR) is 82.4 cm³/mol. The largest absolute Gasteiger partial charge is 0.493 e. The summed E-state index contributed by atoms with van der Waals surface area (Å²) in [6, 6.07) is 6.19.